The number of aromatic nitrogens is 1. The Kier molecular flexibility index (Phi) is 9.71. The first-order chi connectivity index (χ1) is 31.6. The Labute approximate surface area is 380 Å². The topological polar surface area (TPSA) is 101 Å². The molecule has 3 heterocycles. The van der Waals surface area contributed by atoms with Crippen LogP contribution in [-0.2, 0) is 31.5 Å². The van der Waals surface area contributed by atoms with Gasteiger partial charge in [0.05, 0.1) is 32.1 Å². The SMILES string of the molecule is Cc1ccc2c(c1)c1c(n2-c2ccc(S(=O)(=O)C3=CC=C(S(=O)(=O)c4ccc(N5c6ccccc6C(c6ccccc6)(C6C=CC=CC6)c6ccccc65)cc4)NN3)cc2)C=CC(C)C1. The van der Waals surface area contributed by atoms with Gasteiger partial charge >= 0.3 is 0 Å². The lowest BCUT2D eigenvalue weighted by atomic mass is 9.58. The molecule has 2 aliphatic heterocycles. The van der Waals surface area contributed by atoms with E-state index in [0.717, 1.165) is 57.9 Å². The Morgan fingerprint density at radius 3 is 1.80 bits per heavy atom. The largest absolute Gasteiger partial charge is 0.310 e. The van der Waals surface area contributed by atoms with Crippen LogP contribution in [0.4, 0.5) is 17.1 Å². The van der Waals surface area contributed by atoms with Crippen LogP contribution in [0.2, 0.25) is 0 Å². The number of benzene rings is 6. The number of allylic oxidation sites excluding steroid dienone is 7. The van der Waals surface area contributed by atoms with Crippen LogP contribution in [0.25, 0.3) is 22.7 Å². The zero-order valence-corrected chi connectivity index (χ0v) is 37.5. The molecular weight excluding hydrogens is 845 g/mol. The maximum absolute atomic E-state index is 14.1. The molecule has 6 aromatic carbocycles. The zero-order chi connectivity index (χ0) is 44.5. The summed E-state index contributed by atoms with van der Waals surface area (Å²) in [5.74, 6) is 0.575. The number of fused-ring (bicyclic) bond motifs is 5. The number of aryl methyl sites for hydroxylation is 1. The summed E-state index contributed by atoms with van der Waals surface area (Å²) in [6, 6.07) is 47.8. The third-order valence-electron chi connectivity index (χ3n) is 13.4. The molecule has 2 atom stereocenters. The lowest BCUT2D eigenvalue weighted by Crippen LogP contribution is -2.42. The average Bonchev–Trinajstić information content (AvgIpc) is 3.66. The van der Waals surface area contributed by atoms with Crippen molar-refractivity contribution >= 4 is 53.7 Å². The van der Waals surface area contributed by atoms with Crippen LogP contribution in [0.3, 0.4) is 0 Å². The number of sulfone groups is 2. The quantitative estimate of drug-likeness (QED) is 0.157. The van der Waals surface area contributed by atoms with Crippen LogP contribution in [0.15, 0.2) is 208 Å². The summed E-state index contributed by atoms with van der Waals surface area (Å²) in [7, 11) is -8.13. The highest BCUT2D eigenvalue weighted by Gasteiger charge is 2.49. The maximum atomic E-state index is 14.1. The molecule has 11 rings (SSSR count). The second kappa shape index (κ2) is 15.5. The van der Waals surface area contributed by atoms with Gasteiger partial charge in [0.1, 0.15) is 0 Å². The summed E-state index contributed by atoms with van der Waals surface area (Å²) in [4.78, 5) is 2.35. The summed E-state index contributed by atoms with van der Waals surface area (Å²) in [6.07, 6.45) is 17.6. The van der Waals surface area contributed by atoms with Crippen molar-refractivity contribution in [2.24, 2.45) is 11.8 Å². The number of nitrogens with one attached hydrogen (secondary N) is 2. The van der Waals surface area contributed by atoms with Gasteiger partial charge in [0.2, 0.25) is 19.7 Å². The van der Waals surface area contributed by atoms with Gasteiger partial charge in [-0.25, -0.2) is 16.8 Å². The Morgan fingerprint density at radius 1 is 0.631 bits per heavy atom. The Hall–Kier alpha value is -7.14. The van der Waals surface area contributed by atoms with Gasteiger partial charge in [-0.3, -0.25) is 10.9 Å². The Morgan fingerprint density at radius 2 is 1.22 bits per heavy atom. The molecule has 0 radical (unpaired) electrons. The lowest BCUT2D eigenvalue weighted by Gasteiger charge is -2.49. The smallest absolute Gasteiger partial charge is 0.223 e. The van der Waals surface area contributed by atoms with Crippen LogP contribution in [0.1, 0.15) is 46.9 Å². The number of rotatable bonds is 8. The number of anilines is 3. The molecule has 7 aromatic rings. The molecule has 1 aromatic heterocycles. The standard InChI is InChI=1S/C55H46N4O4S2/c1-37-21-31-49-45(35-37)46-36-38(2)22-32-50(46)58(49)41-23-27-43(28-24-41)64(60,61)53-33-34-54(57-56-53)65(62,63)44-29-25-42(26-30-44)59-51-19-11-9-17-47(51)55(39-13-5-3-6-14-39,40-15-7-4-8-16-40)48-18-10-12-20-52(48)59/h3-15,17-35,38,40,56-57H,16,36H2,1-2H3. The van der Waals surface area contributed by atoms with E-state index in [1.54, 1.807) is 24.3 Å². The summed E-state index contributed by atoms with van der Waals surface area (Å²) in [5, 5.41) is 0.875. The first-order valence-corrected chi connectivity index (χ1v) is 24.9. The summed E-state index contributed by atoms with van der Waals surface area (Å²) < 4.78 is 58.3. The van der Waals surface area contributed by atoms with E-state index in [4.69, 9.17) is 0 Å². The average molecular weight is 891 g/mol. The fraction of sp³-hybridized carbons (Fsp3) is 0.127. The van der Waals surface area contributed by atoms with Gasteiger partial charge in [0, 0.05) is 22.5 Å². The van der Waals surface area contributed by atoms with Crippen LogP contribution in [0, 0.1) is 18.8 Å². The molecular formula is C55H46N4O4S2. The monoisotopic (exact) mass is 890 g/mol. The van der Waals surface area contributed by atoms with Gasteiger partial charge in [-0.15, -0.1) is 0 Å². The molecule has 0 fully saturated rings. The summed E-state index contributed by atoms with van der Waals surface area (Å²) in [5.41, 5.74) is 16.8. The van der Waals surface area contributed by atoms with E-state index in [0.29, 0.717) is 5.92 Å². The number of para-hydroxylation sites is 2. The molecule has 0 saturated heterocycles. The molecule has 0 spiro atoms. The molecule has 0 saturated carbocycles. The highest BCUT2D eigenvalue weighted by atomic mass is 32.2. The second-order valence-electron chi connectivity index (χ2n) is 17.3. The highest BCUT2D eigenvalue weighted by Crippen LogP contribution is 2.59. The predicted molar refractivity (Wildman–Crippen MR) is 261 cm³/mol. The van der Waals surface area contributed by atoms with Crippen molar-refractivity contribution in [3.63, 3.8) is 0 Å². The van der Waals surface area contributed by atoms with Crippen molar-refractivity contribution in [3.8, 4) is 5.69 Å². The Bertz CT molecular complexity index is 3390. The molecule has 2 aliphatic carbocycles. The summed E-state index contributed by atoms with van der Waals surface area (Å²) in [6.45, 7) is 4.31. The second-order valence-corrected chi connectivity index (χ2v) is 21.1. The third kappa shape index (κ3) is 6.45. The first-order valence-electron chi connectivity index (χ1n) is 21.9. The fourth-order valence-corrected chi connectivity index (χ4v) is 12.7. The van der Waals surface area contributed by atoms with Crippen molar-refractivity contribution in [3.05, 3.63) is 232 Å². The van der Waals surface area contributed by atoms with E-state index in [-0.39, 0.29) is 25.8 Å². The van der Waals surface area contributed by atoms with Crippen LogP contribution < -0.4 is 15.8 Å². The number of hydrogen-bond acceptors (Lipinski definition) is 7. The van der Waals surface area contributed by atoms with E-state index in [1.165, 1.54) is 34.2 Å². The minimum atomic E-state index is -4.09. The first kappa shape index (κ1) is 40.6. The van der Waals surface area contributed by atoms with E-state index < -0.39 is 25.1 Å². The van der Waals surface area contributed by atoms with Crippen molar-refractivity contribution in [1.82, 2.24) is 15.4 Å². The molecule has 2 N–H and O–H groups in total. The third-order valence-corrected chi connectivity index (χ3v) is 16.8. The molecule has 65 heavy (non-hydrogen) atoms. The molecule has 8 nitrogen and oxygen atoms in total. The van der Waals surface area contributed by atoms with Gasteiger partial charge in [-0.05, 0) is 145 Å². The van der Waals surface area contributed by atoms with Gasteiger partial charge in [0.15, 0.2) is 10.1 Å². The minimum Gasteiger partial charge on any atom is -0.310 e. The van der Waals surface area contributed by atoms with Crippen molar-refractivity contribution < 1.29 is 16.8 Å². The molecule has 0 bridgehead atoms. The fourth-order valence-electron chi connectivity index (χ4n) is 10.4. The van der Waals surface area contributed by atoms with Crippen LogP contribution in [0.5, 0.6) is 0 Å². The van der Waals surface area contributed by atoms with Crippen molar-refractivity contribution in [1.29, 1.82) is 0 Å². The van der Waals surface area contributed by atoms with Gasteiger partial charge in [-0.1, -0.05) is 116 Å². The van der Waals surface area contributed by atoms with Crippen LogP contribution in [-0.4, -0.2) is 21.4 Å². The van der Waals surface area contributed by atoms with Gasteiger partial charge in [0.25, 0.3) is 0 Å². The zero-order valence-electron chi connectivity index (χ0n) is 35.9. The van der Waals surface area contributed by atoms with E-state index in [1.807, 2.05) is 36.4 Å². The maximum Gasteiger partial charge on any atom is 0.223 e. The molecule has 2 unspecified atom stereocenters. The molecule has 4 aliphatic rings. The van der Waals surface area contributed by atoms with E-state index >= 15 is 0 Å². The lowest BCUT2D eigenvalue weighted by molar-refractivity contribution is 0.445. The molecule has 322 valence electrons. The summed E-state index contributed by atoms with van der Waals surface area (Å²) >= 11 is 0. The number of hydrogen-bond donors (Lipinski definition) is 2. The molecule has 0 amide bonds. The van der Waals surface area contributed by atoms with E-state index in [2.05, 4.69) is 156 Å². The van der Waals surface area contributed by atoms with Crippen molar-refractivity contribution in [2.75, 3.05) is 4.90 Å². The van der Waals surface area contributed by atoms with Crippen LogP contribution >= 0.6 is 0 Å². The number of hydrazine groups is 1. The van der Waals surface area contributed by atoms with E-state index in [9.17, 15) is 16.8 Å². The molecule has 10 heteroatoms. The Balaban J connectivity index is 0.888. The minimum absolute atomic E-state index is 0.0626. The highest BCUT2D eigenvalue weighted by molar-refractivity contribution is 7.95. The predicted octanol–water partition coefficient (Wildman–Crippen LogP) is 11.4. The normalized spacial score (nSPS) is 18.5. The van der Waals surface area contributed by atoms with Gasteiger partial charge in [-0.2, -0.15) is 0 Å². The number of nitrogens with zero attached hydrogens (tertiary/aromatic N) is 2. The van der Waals surface area contributed by atoms with Crippen molar-refractivity contribution in [2.45, 2.75) is 41.9 Å². The van der Waals surface area contributed by atoms with Gasteiger partial charge < -0.3 is 9.47 Å².